The van der Waals surface area contributed by atoms with Crippen molar-refractivity contribution in [1.82, 2.24) is 4.90 Å². The number of hydrogen-bond acceptors (Lipinski definition) is 2. The van der Waals surface area contributed by atoms with Gasteiger partial charge in [-0.25, -0.2) is 0 Å². The molecule has 3 rings (SSSR count). The van der Waals surface area contributed by atoms with Gasteiger partial charge in [0.2, 0.25) is 0 Å². The molecule has 0 amide bonds. The molecule has 0 aliphatic heterocycles. The third-order valence-corrected chi connectivity index (χ3v) is 7.40. The number of nitrogens with zero attached hydrogens (tertiary/aromatic N) is 1. The third-order valence-electron chi connectivity index (χ3n) is 7.40. The second kappa shape index (κ2) is 9.33. The Morgan fingerprint density at radius 1 is 1.13 bits per heavy atom. The van der Waals surface area contributed by atoms with Crippen molar-refractivity contribution < 1.29 is 0 Å². The van der Waals surface area contributed by atoms with Gasteiger partial charge in [0.15, 0.2) is 0 Å². The highest BCUT2D eigenvalue weighted by Crippen LogP contribution is 2.63. The molecule has 1 aromatic rings. The Hall–Kier alpha value is -2.50. The van der Waals surface area contributed by atoms with Gasteiger partial charge in [0.25, 0.3) is 0 Å². The zero-order valence-electron chi connectivity index (χ0n) is 20.0. The van der Waals surface area contributed by atoms with Gasteiger partial charge in [-0.05, 0) is 66.7 Å². The SMILES string of the molecule is C=C(CC)N(/C=C\CC)CC1=CC(c2ccc(C#CC3C(C)(CC)C3(N)CC)cc2)=C1. The number of hydrogen-bond donors (Lipinski definition) is 1. The van der Waals surface area contributed by atoms with E-state index in [1.54, 1.807) is 0 Å². The molecule has 0 radical (unpaired) electrons. The molecule has 3 atom stereocenters. The maximum Gasteiger partial charge on any atom is 0.0472 e. The van der Waals surface area contributed by atoms with Gasteiger partial charge in [0, 0.05) is 40.9 Å². The monoisotopic (exact) mass is 414 g/mol. The lowest BCUT2D eigenvalue weighted by Gasteiger charge is -2.26. The number of rotatable bonds is 9. The Balaban J connectivity index is 1.62. The largest absolute Gasteiger partial charge is 0.348 e. The second-order valence-electron chi connectivity index (χ2n) is 9.10. The maximum atomic E-state index is 6.60. The molecule has 0 spiro atoms. The molecule has 2 nitrogen and oxygen atoms in total. The Kier molecular flexibility index (Phi) is 6.97. The first-order valence-corrected chi connectivity index (χ1v) is 11.8. The summed E-state index contributed by atoms with van der Waals surface area (Å²) >= 11 is 0. The molecule has 0 heterocycles. The highest BCUT2D eigenvalue weighted by atomic mass is 15.1. The van der Waals surface area contributed by atoms with E-state index in [4.69, 9.17) is 5.73 Å². The van der Waals surface area contributed by atoms with Crippen molar-refractivity contribution in [3.8, 4) is 11.8 Å². The summed E-state index contributed by atoms with van der Waals surface area (Å²) in [4.78, 5) is 2.25. The fourth-order valence-electron chi connectivity index (χ4n) is 4.67. The molecule has 164 valence electrons. The van der Waals surface area contributed by atoms with Crippen LogP contribution in [0.5, 0.6) is 0 Å². The summed E-state index contributed by atoms with van der Waals surface area (Å²) in [6.07, 6.45) is 12.9. The van der Waals surface area contributed by atoms with Gasteiger partial charge in [-0.3, -0.25) is 0 Å². The highest BCUT2D eigenvalue weighted by Gasteiger charge is 2.68. The van der Waals surface area contributed by atoms with Gasteiger partial charge in [-0.2, -0.15) is 0 Å². The van der Waals surface area contributed by atoms with Gasteiger partial charge in [-0.1, -0.05) is 71.2 Å². The predicted molar refractivity (Wildman–Crippen MR) is 134 cm³/mol. The lowest BCUT2D eigenvalue weighted by molar-refractivity contribution is 0.427. The minimum atomic E-state index is -0.129. The van der Waals surface area contributed by atoms with Gasteiger partial charge in [0.1, 0.15) is 0 Å². The van der Waals surface area contributed by atoms with Gasteiger partial charge >= 0.3 is 0 Å². The van der Waals surface area contributed by atoms with Crippen molar-refractivity contribution in [2.45, 2.75) is 65.8 Å². The van der Waals surface area contributed by atoms with Crippen LogP contribution in [0.25, 0.3) is 5.57 Å². The molecule has 31 heavy (non-hydrogen) atoms. The smallest absolute Gasteiger partial charge is 0.0472 e. The summed E-state index contributed by atoms with van der Waals surface area (Å²) in [5, 5.41) is 0. The van der Waals surface area contributed by atoms with Gasteiger partial charge in [0.05, 0.1) is 0 Å². The summed E-state index contributed by atoms with van der Waals surface area (Å²) in [6, 6.07) is 8.59. The van der Waals surface area contributed by atoms with E-state index >= 15 is 0 Å². The quantitative estimate of drug-likeness (QED) is 0.458. The van der Waals surface area contributed by atoms with Crippen LogP contribution in [0.3, 0.4) is 0 Å². The third kappa shape index (κ3) is 4.43. The zero-order chi connectivity index (χ0) is 22.6. The van der Waals surface area contributed by atoms with Crippen LogP contribution < -0.4 is 5.73 Å². The van der Waals surface area contributed by atoms with Crippen molar-refractivity contribution in [1.29, 1.82) is 0 Å². The van der Waals surface area contributed by atoms with Crippen molar-refractivity contribution in [3.05, 3.63) is 77.7 Å². The van der Waals surface area contributed by atoms with Crippen LogP contribution >= 0.6 is 0 Å². The normalized spacial score (nSPS) is 26.5. The molecule has 3 unspecified atom stereocenters. The van der Waals surface area contributed by atoms with E-state index in [-0.39, 0.29) is 16.9 Å². The minimum Gasteiger partial charge on any atom is -0.348 e. The summed E-state index contributed by atoms with van der Waals surface area (Å²) in [6.45, 7) is 16.1. The first kappa shape index (κ1) is 23.2. The van der Waals surface area contributed by atoms with Crippen molar-refractivity contribution >= 4 is 5.57 Å². The van der Waals surface area contributed by atoms with Crippen LogP contribution in [-0.4, -0.2) is 17.0 Å². The summed E-state index contributed by atoms with van der Waals surface area (Å²) in [5.41, 5.74) is 12.7. The average molecular weight is 415 g/mol. The molecule has 2 aliphatic rings. The van der Waals surface area contributed by atoms with Crippen LogP contribution in [-0.2, 0) is 0 Å². The fourth-order valence-corrected chi connectivity index (χ4v) is 4.67. The molecular weight excluding hydrogens is 376 g/mol. The molecule has 1 aromatic carbocycles. The predicted octanol–water partition coefficient (Wildman–Crippen LogP) is 6.66. The van der Waals surface area contributed by atoms with E-state index in [0.717, 1.165) is 43.5 Å². The number of benzene rings is 1. The summed E-state index contributed by atoms with van der Waals surface area (Å²) < 4.78 is 0. The van der Waals surface area contributed by atoms with Crippen LogP contribution in [0.1, 0.15) is 71.4 Å². The van der Waals surface area contributed by atoms with E-state index < -0.39 is 0 Å². The number of allylic oxidation sites excluding steroid dienone is 4. The summed E-state index contributed by atoms with van der Waals surface area (Å²) in [7, 11) is 0. The van der Waals surface area contributed by atoms with Crippen LogP contribution in [0.4, 0.5) is 0 Å². The zero-order valence-corrected chi connectivity index (χ0v) is 20.0. The molecule has 2 aliphatic carbocycles. The summed E-state index contributed by atoms with van der Waals surface area (Å²) in [5.74, 6) is 7.13. The lowest BCUT2D eigenvalue weighted by atomic mass is 9.92. The molecule has 0 saturated heterocycles. The second-order valence-corrected chi connectivity index (χ2v) is 9.10. The molecule has 2 heteroatoms. The molecule has 1 saturated carbocycles. The van der Waals surface area contributed by atoms with Crippen LogP contribution in [0, 0.1) is 23.2 Å². The number of nitrogens with two attached hydrogens (primary N) is 1. The molecule has 2 N–H and O–H groups in total. The van der Waals surface area contributed by atoms with E-state index in [0.29, 0.717) is 0 Å². The Morgan fingerprint density at radius 2 is 1.81 bits per heavy atom. The van der Waals surface area contributed by atoms with Crippen molar-refractivity contribution in [3.63, 3.8) is 0 Å². The lowest BCUT2D eigenvalue weighted by Crippen LogP contribution is -2.28. The molecular formula is C29H38N2. The minimum absolute atomic E-state index is 0.129. The molecule has 0 aromatic heterocycles. The van der Waals surface area contributed by atoms with Crippen molar-refractivity contribution in [2.75, 3.05) is 6.54 Å². The molecule has 0 bridgehead atoms. The van der Waals surface area contributed by atoms with Gasteiger partial charge in [-0.15, -0.1) is 0 Å². The first-order chi connectivity index (χ1) is 14.8. The maximum absolute atomic E-state index is 6.60. The Bertz CT molecular complexity index is 950. The molecule has 1 fully saturated rings. The van der Waals surface area contributed by atoms with Gasteiger partial charge < -0.3 is 10.6 Å². The van der Waals surface area contributed by atoms with E-state index in [2.05, 4.69) is 107 Å². The fraction of sp³-hybridized carbons (Fsp3) is 0.448. The first-order valence-electron chi connectivity index (χ1n) is 11.8. The average Bonchev–Trinajstić information content (AvgIpc) is 3.25. The van der Waals surface area contributed by atoms with E-state index in [9.17, 15) is 0 Å². The van der Waals surface area contributed by atoms with Crippen molar-refractivity contribution in [2.24, 2.45) is 17.1 Å². The topological polar surface area (TPSA) is 29.3 Å². The Labute approximate surface area is 189 Å². The Morgan fingerprint density at radius 3 is 2.32 bits per heavy atom. The van der Waals surface area contributed by atoms with E-state index in [1.165, 1.54) is 16.7 Å². The highest BCUT2D eigenvalue weighted by molar-refractivity contribution is 5.84. The van der Waals surface area contributed by atoms with Crippen LogP contribution in [0.15, 0.2) is 66.5 Å². The van der Waals surface area contributed by atoms with Crippen LogP contribution in [0.2, 0.25) is 0 Å². The van der Waals surface area contributed by atoms with E-state index in [1.807, 2.05) is 0 Å². The standard InChI is InChI=1S/C29H38N2/c1-7-11-18-31(22(5)8-2)21-24-19-26(20-24)25-15-12-23(13-16-25)14-17-27-28(6,9-3)29(27,30)10-4/h11-13,15-16,18-20,27H,5,7-10,21,30H2,1-4,6H3/b18-11-.